The van der Waals surface area contributed by atoms with E-state index in [0.717, 1.165) is 5.69 Å². The standard InChI is InChI=1S/C17H17Cl2N3O3/c1-9-4-6-12(15(20-3)21-9)17(24)25-10(2)16(23)22-14-7-5-11(18)8-13(14)19/h4-8,10H,1-3H3,(H,20,21)(H,22,23). The van der Waals surface area contributed by atoms with E-state index in [4.69, 9.17) is 27.9 Å². The number of pyridine rings is 1. The molecule has 1 aromatic heterocycles. The molecule has 0 aliphatic heterocycles. The molecule has 0 saturated heterocycles. The van der Waals surface area contributed by atoms with Gasteiger partial charge in [0, 0.05) is 17.8 Å². The Bertz CT molecular complexity index is 812. The van der Waals surface area contributed by atoms with E-state index in [-0.39, 0.29) is 5.56 Å². The summed E-state index contributed by atoms with van der Waals surface area (Å²) in [5, 5.41) is 6.17. The number of esters is 1. The molecule has 6 nitrogen and oxygen atoms in total. The number of benzene rings is 1. The quantitative estimate of drug-likeness (QED) is 0.767. The van der Waals surface area contributed by atoms with Gasteiger partial charge in [-0.25, -0.2) is 9.78 Å². The number of aromatic nitrogens is 1. The maximum atomic E-state index is 12.3. The lowest BCUT2D eigenvalue weighted by Crippen LogP contribution is -2.30. The van der Waals surface area contributed by atoms with Gasteiger partial charge in [0.2, 0.25) is 0 Å². The third-order valence-electron chi connectivity index (χ3n) is 3.33. The van der Waals surface area contributed by atoms with Crippen LogP contribution in [0.1, 0.15) is 23.0 Å². The monoisotopic (exact) mass is 381 g/mol. The summed E-state index contributed by atoms with van der Waals surface area (Å²) in [6, 6.07) is 7.95. The number of nitrogens with one attached hydrogen (secondary N) is 2. The van der Waals surface area contributed by atoms with E-state index in [0.29, 0.717) is 21.6 Å². The number of amides is 1. The number of anilines is 2. The fraction of sp³-hybridized carbons (Fsp3) is 0.235. The fourth-order valence-corrected chi connectivity index (χ4v) is 2.47. The first-order chi connectivity index (χ1) is 11.8. The Morgan fingerprint density at radius 1 is 1.20 bits per heavy atom. The van der Waals surface area contributed by atoms with Gasteiger partial charge in [0.25, 0.3) is 5.91 Å². The van der Waals surface area contributed by atoms with Gasteiger partial charge < -0.3 is 15.4 Å². The fourth-order valence-electron chi connectivity index (χ4n) is 2.01. The van der Waals surface area contributed by atoms with Crippen molar-refractivity contribution in [1.29, 1.82) is 0 Å². The van der Waals surface area contributed by atoms with Gasteiger partial charge in [-0.1, -0.05) is 23.2 Å². The predicted molar refractivity (Wildman–Crippen MR) is 98.5 cm³/mol. The summed E-state index contributed by atoms with van der Waals surface area (Å²) in [6.07, 6.45) is -1.02. The second kappa shape index (κ2) is 8.18. The molecule has 1 amide bonds. The van der Waals surface area contributed by atoms with Gasteiger partial charge in [-0.05, 0) is 44.2 Å². The summed E-state index contributed by atoms with van der Waals surface area (Å²) in [5.74, 6) is -0.774. The highest BCUT2D eigenvalue weighted by Crippen LogP contribution is 2.25. The molecule has 132 valence electrons. The van der Waals surface area contributed by atoms with Gasteiger partial charge >= 0.3 is 5.97 Å². The Morgan fingerprint density at radius 3 is 2.56 bits per heavy atom. The number of hydrogen-bond donors (Lipinski definition) is 2. The van der Waals surface area contributed by atoms with Crippen LogP contribution in [0.4, 0.5) is 11.5 Å². The minimum absolute atomic E-state index is 0.247. The molecule has 0 bridgehead atoms. The Kier molecular flexibility index (Phi) is 6.22. The summed E-state index contributed by atoms with van der Waals surface area (Å²) < 4.78 is 5.22. The van der Waals surface area contributed by atoms with Crippen molar-refractivity contribution in [2.45, 2.75) is 20.0 Å². The highest BCUT2D eigenvalue weighted by Gasteiger charge is 2.22. The Labute approximate surface area is 155 Å². The zero-order valence-corrected chi connectivity index (χ0v) is 15.4. The van der Waals surface area contributed by atoms with Crippen LogP contribution in [0.25, 0.3) is 0 Å². The molecule has 0 fully saturated rings. The van der Waals surface area contributed by atoms with Crippen molar-refractivity contribution in [3.63, 3.8) is 0 Å². The van der Waals surface area contributed by atoms with E-state index >= 15 is 0 Å². The predicted octanol–water partition coefficient (Wildman–Crippen LogP) is 3.92. The van der Waals surface area contributed by atoms with Crippen molar-refractivity contribution in [3.05, 3.63) is 51.6 Å². The molecule has 0 aliphatic rings. The first-order valence-corrected chi connectivity index (χ1v) is 8.19. The number of halogens is 2. The molecular weight excluding hydrogens is 365 g/mol. The van der Waals surface area contributed by atoms with Crippen LogP contribution in [0, 0.1) is 6.92 Å². The lowest BCUT2D eigenvalue weighted by molar-refractivity contribution is -0.123. The average molecular weight is 382 g/mol. The molecular formula is C17H17Cl2N3O3. The maximum absolute atomic E-state index is 12.3. The van der Waals surface area contributed by atoms with Gasteiger partial charge in [0.05, 0.1) is 10.7 Å². The molecule has 2 rings (SSSR count). The molecule has 0 saturated carbocycles. The van der Waals surface area contributed by atoms with Crippen LogP contribution in [-0.2, 0) is 9.53 Å². The van der Waals surface area contributed by atoms with Crippen molar-refractivity contribution < 1.29 is 14.3 Å². The topological polar surface area (TPSA) is 80.3 Å². The SMILES string of the molecule is CNc1nc(C)ccc1C(=O)OC(C)C(=O)Nc1ccc(Cl)cc1Cl. The van der Waals surface area contributed by atoms with Crippen molar-refractivity contribution in [3.8, 4) is 0 Å². The number of hydrogen-bond acceptors (Lipinski definition) is 5. The Hall–Kier alpha value is -2.31. The smallest absolute Gasteiger partial charge is 0.342 e. The summed E-state index contributed by atoms with van der Waals surface area (Å²) in [5.41, 5.74) is 1.38. The number of rotatable bonds is 5. The van der Waals surface area contributed by atoms with Crippen LogP contribution in [0.2, 0.25) is 10.0 Å². The van der Waals surface area contributed by atoms with Crippen LogP contribution >= 0.6 is 23.2 Å². The molecule has 8 heteroatoms. The molecule has 0 radical (unpaired) electrons. The number of aryl methyl sites for hydroxylation is 1. The second-order valence-corrected chi connectivity index (χ2v) is 6.10. The van der Waals surface area contributed by atoms with Crippen LogP contribution in [-0.4, -0.2) is 30.0 Å². The van der Waals surface area contributed by atoms with Gasteiger partial charge in [-0.3, -0.25) is 4.79 Å². The summed E-state index contributed by atoms with van der Waals surface area (Å²) >= 11 is 11.8. The zero-order chi connectivity index (χ0) is 18.6. The van der Waals surface area contributed by atoms with E-state index in [2.05, 4.69) is 15.6 Å². The highest BCUT2D eigenvalue weighted by molar-refractivity contribution is 6.36. The molecule has 1 unspecified atom stereocenters. The molecule has 25 heavy (non-hydrogen) atoms. The minimum atomic E-state index is -1.02. The third-order valence-corrected chi connectivity index (χ3v) is 3.88. The van der Waals surface area contributed by atoms with Crippen LogP contribution in [0.3, 0.4) is 0 Å². The third kappa shape index (κ3) is 4.84. The van der Waals surface area contributed by atoms with Crippen LogP contribution < -0.4 is 10.6 Å². The molecule has 0 aliphatic carbocycles. The molecule has 2 N–H and O–H groups in total. The van der Waals surface area contributed by atoms with Crippen LogP contribution in [0.15, 0.2) is 30.3 Å². The van der Waals surface area contributed by atoms with Crippen molar-refractivity contribution >= 4 is 46.6 Å². The highest BCUT2D eigenvalue weighted by atomic mass is 35.5. The number of ether oxygens (including phenoxy) is 1. The normalized spacial score (nSPS) is 11.6. The number of nitrogens with zero attached hydrogens (tertiary/aromatic N) is 1. The molecule has 1 aromatic carbocycles. The number of carbonyl (C=O) groups is 2. The Balaban J connectivity index is 2.07. The zero-order valence-electron chi connectivity index (χ0n) is 13.9. The first kappa shape index (κ1) is 19.0. The summed E-state index contributed by atoms with van der Waals surface area (Å²) in [4.78, 5) is 28.7. The van der Waals surface area contributed by atoms with Gasteiger partial charge in [-0.2, -0.15) is 0 Å². The van der Waals surface area contributed by atoms with E-state index in [1.54, 1.807) is 31.3 Å². The minimum Gasteiger partial charge on any atom is -0.449 e. The first-order valence-electron chi connectivity index (χ1n) is 7.44. The van der Waals surface area contributed by atoms with E-state index in [9.17, 15) is 9.59 Å². The van der Waals surface area contributed by atoms with Crippen LogP contribution in [0.5, 0.6) is 0 Å². The average Bonchev–Trinajstić information content (AvgIpc) is 2.56. The van der Waals surface area contributed by atoms with E-state index < -0.39 is 18.0 Å². The summed E-state index contributed by atoms with van der Waals surface area (Å²) in [7, 11) is 1.65. The molecule has 1 heterocycles. The van der Waals surface area contributed by atoms with Gasteiger partial charge in [-0.15, -0.1) is 0 Å². The lowest BCUT2D eigenvalue weighted by atomic mass is 10.2. The van der Waals surface area contributed by atoms with E-state index in [1.807, 2.05) is 6.92 Å². The molecule has 1 atom stereocenters. The van der Waals surface area contributed by atoms with Gasteiger partial charge in [0.1, 0.15) is 11.4 Å². The summed E-state index contributed by atoms with van der Waals surface area (Å²) in [6.45, 7) is 3.28. The molecule has 0 spiro atoms. The van der Waals surface area contributed by atoms with Crippen molar-refractivity contribution in [2.24, 2.45) is 0 Å². The largest absolute Gasteiger partial charge is 0.449 e. The van der Waals surface area contributed by atoms with Crippen molar-refractivity contribution in [2.75, 3.05) is 17.7 Å². The molecule has 2 aromatic rings. The van der Waals surface area contributed by atoms with Crippen molar-refractivity contribution in [1.82, 2.24) is 4.98 Å². The Morgan fingerprint density at radius 2 is 1.92 bits per heavy atom. The van der Waals surface area contributed by atoms with E-state index in [1.165, 1.54) is 13.0 Å². The van der Waals surface area contributed by atoms with Gasteiger partial charge in [0.15, 0.2) is 6.10 Å². The second-order valence-electron chi connectivity index (χ2n) is 5.26. The lowest BCUT2D eigenvalue weighted by Gasteiger charge is -2.15. The maximum Gasteiger partial charge on any atom is 0.342 e. The number of carbonyl (C=O) groups excluding carboxylic acids is 2.